The summed E-state index contributed by atoms with van der Waals surface area (Å²) in [6.07, 6.45) is 4.01. The molecule has 1 aliphatic carbocycles. The molecule has 0 radical (unpaired) electrons. The van der Waals surface area contributed by atoms with E-state index >= 15 is 0 Å². The Labute approximate surface area is 179 Å². The first-order valence-electron chi connectivity index (χ1n) is 10.4. The molecular weight excluding hydrogens is 398 g/mol. The molecule has 30 heavy (non-hydrogen) atoms. The maximum absolute atomic E-state index is 12.8. The van der Waals surface area contributed by atoms with Crippen LogP contribution in [0.5, 0.6) is 0 Å². The average Bonchev–Trinajstić information content (AvgIpc) is 2.73. The van der Waals surface area contributed by atoms with Crippen LogP contribution in [0.1, 0.15) is 30.9 Å². The molecule has 0 bridgehead atoms. The zero-order chi connectivity index (χ0) is 21.7. The molecule has 162 valence electrons. The summed E-state index contributed by atoms with van der Waals surface area (Å²) in [7, 11) is -0.558. The van der Waals surface area contributed by atoms with Crippen LogP contribution in [0, 0.1) is 0 Å². The minimum atomic E-state index is -3.54. The lowest BCUT2D eigenvalue weighted by atomic mass is 9.87. The fourth-order valence-corrected chi connectivity index (χ4v) is 4.95. The number of benzene rings is 2. The Balaban J connectivity index is 1.68. The highest BCUT2D eigenvalue weighted by Gasteiger charge is 2.25. The summed E-state index contributed by atoms with van der Waals surface area (Å²) >= 11 is 0. The number of carbonyl (C=O) groups is 1. The van der Waals surface area contributed by atoms with Crippen molar-refractivity contribution in [3.63, 3.8) is 0 Å². The van der Waals surface area contributed by atoms with Crippen LogP contribution in [0.4, 0.5) is 5.69 Å². The Bertz CT molecular complexity index is 989. The van der Waals surface area contributed by atoms with Gasteiger partial charge in [0.15, 0.2) is 0 Å². The lowest BCUT2D eigenvalue weighted by molar-refractivity contribution is -0.118. The number of sulfonamides is 1. The number of fused-ring (bicyclic) bond motifs is 1. The number of carbonyl (C=O) groups excluding carboxylic acids is 1. The third-order valence-corrected chi connectivity index (χ3v) is 7.40. The molecule has 3 rings (SSSR count). The van der Waals surface area contributed by atoms with Crippen molar-refractivity contribution < 1.29 is 13.2 Å². The first-order valence-corrected chi connectivity index (χ1v) is 11.9. The maximum Gasteiger partial charge on any atom is 0.242 e. The van der Waals surface area contributed by atoms with E-state index in [1.165, 1.54) is 37.4 Å². The van der Waals surface area contributed by atoms with Gasteiger partial charge in [-0.15, -0.1) is 0 Å². The summed E-state index contributed by atoms with van der Waals surface area (Å²) in [5.41, 5.74) is 3.28. The Hall–Kier alpha value is -2.22. The lowest BCUT2D eigenvalue weighted by Gasteiger charge is -2.34. The zero-order valence-corrected chi connectivity index (χ0v) is 18.8. The normalized spacial score (nSPS) is 16.5. The highest BCUT2D eigenvalue weighted by atomic mass is 32.2. The van der Waals surface area contributed by atoms with Crippen molar-refractivity contribution in [2.75, 3.05) is 32.5 Å². The largest absolute Gasteiger partial charge is 0.325 e. The predicted octanol–water partition coefficient (Wildman–Crippen LogP) is 3.14. The molecule has 1 unspecified atom stereocenters. The van der Waals surface area contributed by atoms with Gasteiger partial charge in [-0.1, -0.05) is 37.3 Å². The van der Waals surface area contributed by atoms with Gasteiger partial charge in [0.1, 0.15) is 0 Å². The van der Waals surface area contributed by atoms with Crippen LogP contribution >= 0.6 is 0 Å². The van der Waals surface area contributed by atoms with Crippen molar-refractivity contribution in [3.05, 3.63) is 59.7 Å². The third kappa shape index (κ3) is 5.28. The molecule has 0 aromatic heterocycles. The molecule has 2 aromatic carbocycles. The number of aryl methyl sites for hydroxylation is 1. The zero-order valence-electron chi connectivity index (χ0n) is 18.0. The maximum atomic E-state index is 12.8. The molecule has 0 aliphatic heterocycles. The predicted molar refractivity (Wildman–Crippen MR) is 120 cm³/mol. The summed E-state index contributed by atoms with van der Waals surface area (Å²) in [4.78, 5) is 15.2. The van der Waals surface area contributed by atoms with E-state index in [0.717, 1.165) is 36.5 Å². The summed E-state index contributed by atoms with van der Waals surface area (Å²) in [6.45, 7) is 3.28. The van der Waals surface area contributed by atoms with Gasteiger partial charge in [-0.05, 0) is 61.6 Å². The van der Waals surface area contributed by atoms with Crippen molar-refractivity contribution >= 4 is 21.6 Å². The molecule has 0 saturated heterocycles. The summed E-state index contributed by atoms with van der Waals surface area (Å²) in [5, 5.41) is 2.88. The lowest BCUT2D eigenvalue weighted by Crippen LogP contribution is -2.44. The van der Waals surface area contributed by atoms with Crippen LogP contribution in [0.2, 0.25) is 0 Å². The van der Waals surface area contributed by atoms with Crippen molar-refractivity contribution in [1.29, 1.82) is 0 Å². The average molecular weight is 430 g/mol. The van der Waals surface area contributed by atoms with E-state index in [2.05, 4.69) is 41.4 Å². The molecule has 0 heterocycles. The Morgan fingerprint density at radius 2 is 1.83 bits per heavy atom. The van der Waals surface area contributed by atoms with E-state index in [9.17, 15) is 13.2 Å². The van der Waals surface area contributed by atoms with Gasteiger partial charge < -0.3 is 5.32 Å². The number of rotatable bonds is 8. The van der Waals surface area contributed by atoms with E-state index in [4.69, 9.17) is 0 Å². The number of amides is 1. The fraction of sp³-hybridized carbons (Fsp3) is 0.435. The SMILES string of the molecule is CCCN(CC(=O)Nc1cccc(S(=O)(=O)N(C)C)c1)C1CCc2ccccc2C1. The number of nitrogens with one attached hydrogen (secondary N) is 1. The quantitative estimate of drug-likeness (QED) is 0.700. The first-order chi connectivity index (χ1) is 14.3. The summed E-state index contributed by atoms with van der Waals surface area (Å²) in [6, 6.07) is 15.3. The highest BCUT2D eigenvalue weighted by Crippen LogP contribution is 2.25. The molecule has 6 nitrogen and oxygen atoms in total. The summed E-state index contributed by atoms with van der Waals surface area (Å²) < 4.78 is 25.9. The van der Waals surface area contributed by atoms with Gasteiger partial charge in [-0.25, -0.2) is 12.7 Å². The third-order valence-electron chi connectivity index (χ3n) is 5.59. The van der Waals surface area contributed by atoms with E-state index in [0.29, 0.717) is 18.3 Å². The van der Waals surface area contributed by atoms with Gasteiger partial charge in [0.05, 0.1) is 11.4 Å². The molecule has 0 fully saturated rings. The van der Waals surface area contributed by atoms with Crippen molar-refractivity contribution in [1.82, 2.24) is 9.21 Å². The molecule has 1 atom stereocenters. The molecule has 0 saturated carbocycles. The van der Waals surface area contributed by atoms with Crippen LogP contribution in [0.15, 0.2) is 53.4 Å². The number of hydrogen-bond donors (Lipinski definition) is 1. The van der Waals surface area contributed by atoms with Gasteiger partial charge in [0, 0.05) is 25.8 Å². The fourth-order valence-electron chi connectivity index (χ4n) is 4.00. The first kappa shape index (κ1) is 22.5. The molecule has 1 N–H and O–H groups in total. The molecule has 7 heteroatoms. The molecular formula is C23H31N3O3S. The molecule has 1 aliphatic rings. The molecule has 0 spiro atoms. The molecule has 2 aromatic rings. The van der Waals surface area contributed by atoms with Gasteiger partial charge in [0.2, 0.25) is 15.9 Å². The standard InChI is InChI=1S/C23H31N3O3S/c1-4-14-26(21-13-12-18-8-5-6-9-19(18)15-21)17-23(27)24-20-10-7-11-22(16-20)30(28,29)25(2)3/h5-11,16,21H,4,12-15,17H2,1-3H3,(H,24,27). The van der Waals surface area contributed by atoms with Crippen LogP contribution in [-0.4, -0.2) is 56.8 Å². The molecule has 1 amide bonds. The monoisotopic (exact) mass is 429 g/mol. The van der Waals surface area contributed by atoms with Crippen molar-refractivity contribution in [2.45, 2.75) is 43.5 Å². The van der Waals surface area contributed by atoms with Gasteiger partial charge in [-0.3, -0.25) is 9.69 Å². The van der Waals surface area contributed by atoms with Crippen LogP contribution < -0.4 is 5.32 Å². The second-order valence-corrected chi connectivity index (χ2v) is 10.2. The summed E-state index contributed by atoms with van der Waals surface area (Å²) in [5.74, 6) is -0.123. The van der Waals surface area contributed by atoms with E-state index in [1.54, 1.807) is 12.1 Å². The smallest absolute Gasteiger partial charge is 0.242 e. The van der Waals surface area contributed by atoms with E-state index < -0.39 is 10.0 Å². The second-order valence-electron chi connectivity index (χ2n) is 8.00. The van der Waals surface area contributed by atoms with Gasteiger partial charge in [0.25, 0.3) is 0 Å². The van der Waals surface area contributed by atoms with Gasteiger partial charge >= 0.3 is 0 Å². The van der Waals surface area contributed by atoms with Crippen molar-refractivity contribution in [2.24, 2.45) is 0 Å². The van der Waals surface area contributed by atoms with Crippen molar-refractivity contribution in [3.8, 4) is 0 Å². The Morgan fingerprint density at radius 1 is 1.10 bits per heavy atom. The Morgan fingerprint density at radius 3 is 2.53 bits per heavy atom. The van der Waals surface area contributed by atoms with E-state index in [-0.39, 0.29) is 10.8 Å². The van der Waals surface area contributed by atoms with Crippen LogP contribution in [0.25, 0.3) is 0 Å². The topological polar surface area (TPSA) is 69.7 Å². The van der Waals surface area contributed by atoms with Crippen LogP contribution in [0.3, 0.4) is 0 Å². The number of hydrogen-bond acceptors (Lipinski definition) is 4. The highest BCUT2D eigenvalue weighted by molar-refractivity contribution is 7.89. The Kier molecular flexibility index (Phi) is 7.28. The number of anilines is 1. The minimum absolute atomic E-state index is 0.123. The van der Waals surface area contributed by atoms with Crippen LogP contribution in [-0.2, 0) is 27.7 Å². The number of nitrogens with zero attached hydrogens (tertiary/aromatic N) is 2. The second kappa shape index (κ2) is 9.73. The van der Waals surface area contributed by atoms with E-state index in [1.807, 2.05) is 0 Å². The van der Waals surface area contributed by atoms with Gasteiger partial charge in [-0.2, -0.15) is 0 Å². The minimum Gasteiger partial charge on any atom is -0.325 e.